The van der Waals surface area contributed by atoms with Crippen molar-refractivity contribution in [2.45, 2.75) is 13.8 Å². The van der Waals surface area contributed by atoms with Gasteiger partial charge in [0.2, 0.25) is 0 Å². The van der Waals surface area contributed by atoms with Crippen LogP contribution in [0.25, 0.3) is 0 Å². The topological polar surface area (TPSA) is 115 Å². The van der Waals surface area contributed by atoms with E-state index in [9.17, 15) is 14.4 Å². The fourth-order valence-corrected chi connectivity index (χ4v) is 3.21. The molecule has 2 amide bonds. The third kappa shape index (κ3) is 6.83. The van der Waals surface area contributed by atoms with E-state index in [-0.39, 0.29) is 22.1 Å². The summed E-state index contributed by atoms with van der Waals surface area (Å²) in [6.45, 7) is 4.02. The van der Waals surface area contributed by atoms with Crippen molar-refractivity contribution in [2.24, 2.45) is 5.10 Å². The summed E-state index contributed by atoms with van der Waals surface area (Å²) in [7, 11) is 1.42. The average molecular weight is 510 g/mol. The predicted octanol–water partition coefficient (Wildman–Crippen LogP) is 4.45. The minimum atomic E-state index is -0.944. The van der Waals surface area contributed by atoms with Crippen molar-refractivity contribution in [3.05, 3.63) is 82.9 Å². The number of nitrogens with zero attached hydrogens (tertiary/aromatic N) is 1. The maximum absolute atomic E-state index is 12.5. The summed E-state index contributed by atoms with van der Waals surface area (Å²) in [5.41, 5.74) is 3.82. The number of ether oxygens (including phenoxy) is 3. The first-order valence-corrected chi connectivity index (χ1v) is 11.2. The highest BCUT2D eigenvalue weighted by Gasteiger charge is 2.17. The molecule has 0 aliphatic heterocycles. The summed E-state index contributed by atoms with van der Waals surface area (Å²) < 4.78 is 16.1. The quantitative estimate of drug-likeness (QED) is 0.152. The second-order valence-electron chi connectivity index (χ2n) is 7.28. The summed E-state index contributed by atoms with van der Waals surface area (Å²) in [4.78, 5) is 36.8. The lowest BCUT2D eigenvalue weighted by molar-refractivity contribution is -0.136. The van der Waals surface area contributed by atoms with E-state index in [0.717, 1.165) is 0 Å². The molecule has 0 radical (unpaired) electrons. The highest BCUT2D eigenvalue weighted by molar-refractivity contribution is 6.39. The summed E-state index contributed by atoms with van der Waals surface area (Å²) in [6.07, 6.45) is 0. The van der Waals surface area contributed by atoms with Crippen LogP contribution in [0.15, 0.2) is 71.8 Å². The van der Waals surface area contributed by atoms with Crippen molar-refractivity contribution in [3.8, 4) is 17.2 Å². The third-order valence-corrected chi connectivity index (χ3v) is 5.16. The molecule has 0 bridgehead atoms. The smallest absolute Gasteiger partial charge is 0.345 e. The molecule has 0 heterocycles. The number of esters is 1. The zero-order chi connectivity index (χ0) is 26.1. The number of nitrogens with one attached hydrogen (secondary N) is 2. The summed E-state index contributed by atoms with van der Waals surface area (Å²) in [5, 5.41) is 6.73. The van der Waals surface area contributed by atoms with Gasteiger partial charge in [0.15, 0.2) is 11.5 Å². The van der Waals surface area contributed by atoms with E-state index in [4.69, 9.17) is 25.8 Å². The molecular weight excluding hydrogens is 486 g/mol. The minimum absolute atomic E-state index is 0.178. The van der Waals surface area contributed by atoms with Crippen molar-refractivity contribution < 1.29 is 28.6 Å². The van der Waals surface area contributed by atoms with Crippen molar-refractivity contribution in [1.29, 1.82) is 0 Å². The van der Waals surface area contributed by atoms with Gasteiger partial charge in [-0.3, -0.25) is 9.59 Å². The van der Waals surface area contributed by atoms with Gasteiger partial charge < -0.3 is 19.5 Å². The fourth-order valence-electron chi connectivity index (χ4n) is 3.00. The van der Waals surface area contributed by atoms with Crippen LogP contribution in [0.5, 0.6) is 17.2 Å². The lowest BCUT2D eigenvalue weighted by Gasteiger charge is -2.12. The van der Waals surface area contributed by atoms with Gasteiger partial charge in [-0.15, -0.1) is 0 Å². The van der Waals surface area contributed by atoms with E-state index in [1.165, 1.54) is 13.2 Å². The van der Waals surface area contributed by atoms with Gasteiger partial charge in [-0.05, 0) is 68.4 Å². The zero-order valence-corrected chi connectivity index (χ0v) is 20.6. The van der Waals surface area contributed by atoms with Gasteiger partial charge in [0.1, 0.15) is 5.75 Å². The lowest BCUT2D eigenvalue weighted by Crippen LogP contribution is -2.32. The molecule has 0 aromatic heterocycles. The second-order valence-corrected chi connectivity index (χ2v) is 7.69. The number of halogens is 1. The molecular formula is C26H24ClN3O6. The molecule has 0 atom stereocenters. The van der Waals surface area contributed by atoms with Crippen LogP contribution in [0.1, 0.15) is 29.8 Å². The lowest BCUT2D eigenvalue weighted by atomic mass is 10.1. The number of rotatable bonds is 8. The van der Waals surface area contributed by atoms with E-state index in [2.05, 4.69) is 15.8 Å². The molecule has 2 N–H and O–H groups in total. The van der Waals surface area contributed by atoms with Gasteiger partial charge in [0, 0.05) is 11.3 Å². The summed E-state index contributed by atoms with van der Waals surface area (Å²) >= 11 is 6.06. The van der Waals surface area contributed by atoms with Crippen molar-refractivity contribution in [2.75, 3.05) is 19.0 Å². The SMILES string of the molecule is CCOc1ccc(NC(=O)C(=O)N/N=C(\C)c2ccc(OC(=O)c3ccccc3Cl)c(OC)c2)cc1. The number of methoxy groups -OCH3 is 1. The van der Waals surface area contributed by atoms with Gasteiger partial charge in [-0.1, -0.05) is 23.7 Å². The van der Waals surface area contributed by atoms with E-state index in [0.29, 0.717) is 29.3 Å². The maximum Gasteiger partial charge on any atom is 0.345 e. The molecule has 36 heavy (non-hydrogen) atoms. The molecule has 0 unspecified atom stereocenters. The Balaban J connectivity index is 1.64. The molecule has 9 nitrogen and oxygen atoms in total. The first kappa shape index (κ1) is 26.2. The van der Waals surface area contributed by atoms with Gasteiger partial charge >= 0.3 is 17.8 Å². The highest BCUT2D eigenvalue weighted by atomic mass is 35.5. The first-order valence-electron chi connectivity index (χ1n) is 10.9. The Bertz CT molecular complexity index is 1290. The van der Waals surface area contributed by atoms with Crippen LogP contribution in [-0.2, 0) is 9.59 Å². The van der Waals surface area contributed by atoms with Gasteiger partial charge in [0.25, 0.3) is 0 Å². The summed E-state index contributed by atoms with van der Waals surface area (Å²) in [5.74, 6) is -1.36. The first-order chi connectivity index (χ1) is 17.3. The van der Waals surface area contributed by atoms with Crippen molar-refractivity contribution >= 4 is 40.8 Å². The van der Waals surface area contributed by atoms with Crippen LogP contribution in [0.4, 0.5) is 5.69 Å². The van der Waals surface area contributed by atoms with Gasteiger partial charge in [0.05, 0.1) is 30.0 Å². The van der Waals surface area contributed by atoms with Crippen molar-refractivity contribution in [3.63, 3.8) is 0 Å². The molecule has 186 valence electrons. The van der Waals surface area contributed by atoms with E-state index >= 15 is 0 Å². The Kier molecular flexibility index (Phi) is 9.01. The molecule has 0 saturated carbocycles. The average Bonchev–Trinajstić information content (AvgIpc) is 2.88. The van der Waals surface area contributed by atoms with E-state index < -0.39 is 17.8 Å². The number of hydrogen-bond donors (Lipinski definition) is 2. The summed E-state index contributed by atoms with van der Waals surface area (Å²) in [6, 6.07) is 17.9. The third-order valence-electron chi connectivity index (χ3n) is 4.83. The van der Waals surface area contributed by atoms with Crippen LogP contribution in [-0.4, -0.2) is 37.2 Å². The minimum Gasteiger partial charge on any atom is -0.494 e. The van der Waals surface area contributed by atoms with E-state index in [1.54, 1.807) is 67.6 Å². The van der Waals surface area contributed by atoms with Crippen LogP contribution in [0, 0.1) is 0 Å². The Morgan fingerprint density at radius 3 is 2.33 bits per heavy atom. The van der Waals surface area contributed by atoms with Crippen LogP contribution < -0.4 is 25.0 Å². The van der Waals surface area contributed by atoms with Crippen LogP contribution in [0.3, 0.4) is 0 Å². The molecule has 3 rings (SSSR count). The molecule has 3 aromatic carbocycles. The Hall–Kier alpha value is -4.37. The number of hydrazone groups is 1. The largest absolute Gasteiger partial charge is 0.494 e. The van der Waals surface area contributed by atoms with Crippen LogP contribution in [0.2, 0.25) is 5.02 Å². The fraction of sp³-hybridized carbons (Fsp3) is 0.154. The molecule has 3 aromatic rings. The number of carbonyl (C=O) groups excluding carboxylic acids is 3. The van der Waals surface area contributed by atoms with Crippen LogP contribution >= 0.6 is 11.6 Å². The Morgan fingerprint density at radius 1 is 0.944 bits per heavy atom. The van der Waals surface area contributed by atoms with Crippen molar-refractivity contribution in [1.82, 2.24) is 5.43 Å². The number of carbonyl (C=O) groups is 3. The number of benzene rings is 3. The zero-order valence-electron chi connectivity index (χ0n) is 19.8. The molecule has 0 aliphatic carbocycles. The standard InChI is InChI=1S/C26H24ClN3O6/c1-4-35-19-12-10-18(11-13-19)28-24(31)25(32)30-29-16(2)17-9-14-22(23(15-17)34-3)36-26(33)20-7-5-6-8-21(20)27/h5-15H,4H2,1-3H3,(H,28,31)(H,30,32)/b29-16+. The molecule has 0 fully saturated rings. The normalized spacial score (nSPS) is 10.8. The molecule has 0 spiro atoms. The number of anilines is 1. The molecule has 0 aliphatic rings. The highest BCUT2D eigenvalue weighted by Crippen LogP contribution is 2.30. The molecule has 10 heteroatoms. The van der Waals surface area contributed by atoms with Gasteiger partial charge in [-0.25, -0.2) is 10.2 Å². The molecule has 0 saturated heterocycles. The monoisotopic (exact) mass is 509 g/mol. The number of amides is 2. The van der Waals surface area contributed by atoms with Gasteiger partial charge in [-0.2, -0.15) is 5.10 Å². The maximum atomic E-state index is 12.5. The van der Waals surface area contributed by atoms with E-state index in [1.807, 2.05) is 6.92 Å². The second kappa shape index (κ2) is 12.4. The number of hydrogen-bond acceptors (Lipinski definition) is 7. The Morgan fingerprint density at radius 2 is 1.67 bits per heavy atom. The Labute approximate surface area is 213 Å². The predicted molar refractivity (Wildman–Crippen MR) is 136 cm³/mol.